The highest BCUT2D eigenvalue weighted by Crippen LogP contribution is 2.37. The monoisotopic (exact) mass is 353 g/mol. The van der Waals surface area contributed by atoms with Gasteiger partial charge in [-0.05, 0) is 24.5 Å². The summed E-state index contributed by atoms with van der Waals surface area (Å²) in [5.41, 5.74) is 2.02. The van der Waals surface area contributed by atoms with Crippen molar-refractivity contribution in [2.45, 2.75) is 31.3 Å². The minimum atomic E-state index is -0.426. The molecule has 0 radical (unpaired) electrons. The Morgan fingerprint density at radius 2 is 2.23 bits per heavy atom. The lowest BCUT2D eigenvalue weighted by Gasteiger charge is -2.15. The first kappa shape index (κ1) is 16.8. The van der Waals surface area contributed by atoms with Crippen LogP contribution in [0.1, 0.15) is 30.1 Å². The first-order chi connectivity index (χ1) is 12.6. The molecule has 1 fully saturated rings. The molecule has 7 heteroatoms. The zero-order chi connectivity index (χ0) is 18.1. The molecule has 1 saturated carbocycles. The number of aromatic nitrogens is 4. The third kappa shape index (κ3) is 3.22. The van der Waals surface area contributed by atoms with Gasteiger partial charge in [-0.25, -0.2) is 0 Å². The number of para-hydroxylation sites is 1. The molecular weight excluding hydrogens is 330 g/mol. The van der Waals surface area contributed by atoms with Gasteiger partial charge in [-0.3, -0.25) is 4.79 Å². The summed E-state index contributed by atoms with van der Waals surface area (Å²) in [4.78, 5) is 15.5. The second-order valence-electron chi connectivity index (χ2n) is 7.14. The summed E-state index contributed by atoms with van der Waals surface area (Å²) in [5, 5.41) is 22.5. The van der Waals surface area contributed by atoms with E-state index in [1.54, 1.807) is 6.33 Å². The fraction of sp³-hybridized carbons (Fsp3) is 0.421. The van der Waals surface area contributed by atoms with Crippen molar-refractivity contribution in [2.75, 3.05) is 6.54 Å². The Labute approximate surface area is 151 Å². The second kappa shape index (κ2) is 6.92. The number of hydrogen-bond donors (Lipinski definition) is 3. The van der Waals surface area contributed by atoms with E-state index in [0.29, 0.717) is 19.4 Å². The number of hydrogen-bond acceptors (Lipinski definition) is 4. The number of aliphatic hydroxyl groups is 1. The highest BCUT2D eigenvalue weighted by molar-refractivity contribution is 5.88. The Morgan fingerprint density at radius 1 is 1.38 bits per heavy atom. The standard InChI is InChI=1S/C19H23N5O2/c1-24-11-22-23-19(24)12-6-14(17(25)7-12)10-21-18(26)8-13-9-20-16-5-3-2-4-15(13)16/h2-5,9,11-12,14,17,20,25H,6-8,10H2,1H3,(H,21,26)/t12-,14+,17+/m0/s1. The van der Waals surface area contributed by atoms with Crippen LogP contribution in [0.5, 0.6) is 0 Å². The number of nitrogens with one attached hydrogen (secondary N) is 2. The van der Waals surface area contributed by atoms with Gasteiger partial charge in [0, 0.05) is 42.5 Å². The number of carbonyl (C=O) groups excluding carboxylic acids is 1. The van der Waals surface area contributed by atoms with E-state index in [1.165, 1.54) is 0 Å². The molecule has 1 aliphatic carbocycles. The SMILES string of the molecule is Cn1cnnc1[C@H]1C[C@H](CNC(=O)Cc2c[nH]c3ccccc23)[C@H](O)C1. The first-order valence-electron chi connectivity index (χ1n) is 8.95. The lowest BCUT2D eigenvalue weighted by molar-refractivity contribution is -0.120. The maximum absolute atomic E-state index is 12.3. The molecule has 0 bridgehead atoms. The van der Waals surface area contributed by atoms with Crippen molar-refractivity contribution in [1.82, 2.24) is 25.1 Å². The molecule has 26 heavy (non-hydrogen) atoms. The molecule has 1 aromatic carbocycles. The first-order valence-corrected chi connectivity index (χ1v) is 8.95. The van der Waals surface area contributed by atoms with Crippen molar-refractivity contribution >= 4 is 16.8 Å². The summed E-state index contributed by atoms with van der Waals surface area (Å²) in [6.45, 7) is 0.483. The van der Waals surface area contributed by atoms with Crippen LogP contribution in [0.4, 0.5) is 0 Å². The maximum atomic E-state index is 12.3. The van der Waals surface area contributed by atoms with E-state index in [2.05, 4.69) is 20.5 Å². The number of amides is 1. The van der Waals surface area contributed by atoms with Crippen molar-refractivity contribution in [3.8, 4) is 0 Å². The summed E-state index contributed by atoms with van der Waals surface area (Å²) in [7, 11) is 1.91. The van der Waals surface area contributed by atoms with E-state index >= 15 is 0 Å². The van der Waals surface area contributed by atoms with Crippen LogP contribution in [0, 0.1) is 5.92 Å². The van der Waals surface area contributed by atoms with Crippen LogP contribution in [0.25, 0.3) is 10.9 Å². The zero-order valence-corrected chi connectivity index (χ0v) is 14.7. The van der Waals surface area contributed by atoms with Crippen LogP contribution < -0.4 is 5.32 Å². The van der Waals surface area contributed by atoms with Gasteiger partial charge in [0.2, 0.25) is 5.91 Å². The molecule has 0 aliphatic heterocycles. The van der Waals surface area contributed by atoms with Gasteiger partial charge >= 0.3 is 0 Å². The van der Waals surface area contributed by atoms with E-state index in [9.17, 15) is 9.90 Å². The quantitative estimate of drug-likeness (QED) is 0.648. The van der Waals surface area contributed by atoms with Crippen LogP contribution in [-0.2, 0) is 18.3 Å². The fourth-order valence-corrected chi connectivity index (χ4v) is 3.95. The van der Waals surface area contributed by atoms with Crippen molar-refractivity contribution in [1.29, 1.82) is 0 Å². The third-order valence-corrected chi connectivity index (χ3v) is 5.36. The fourth-order valence-electron chi connectivity index (χ4n) is 3.95. The number of carbonyl (C=O) groups is 1. The number of aliphatic hydroxyl groups excluding tert-OH is 1. The van der Waals surface area contributed by atoms with Crippen LogP contribution in [-0.4, -0.2) is 43.4 Å². The van der Waals surface area contributed by atoms with E-state index in [-0.39, 0.29) is 17.7 Å². The normalized spacial score (nSPS) is 22.8. The topological polar surface area (TPSA) is 95.8 Å². The van der Waals surface area contributed by atoms with E-state index in [1.807, 2.05) is 42.1 Å². The van der Waals surface area contributed by atoms with Gasteiger partial charge in [0.15, 0.2) is 0 Å². The van der Waals surface area contributed by atoms with Gasteiger partial charge in [0.1, 0.15) is 12.2 Å². The van der Waals surface area contributed by atoms with Crippen LogP contribution in [0.15, 0.2) is 36.8 Å². The Hall–Kier alpha value is -2.67. The number of fused-ring (bicyclic) bond motifs is 1. The van der Waals surface area contributed by atoms with Gasteiger partial charge in [0.05, 0.1) is 12.5 Å². The van der Waals surface area contributed by atoms with E-state index < -0.39 is 6.10 Å². The van der Waals surface area contributed by atoms with Crippen molar-refractivity contribution in [3.05, 3.63) is 48.2 Å². The molecule has 1 amide bonds. The average Bonchev–Trinajstić information content (AvgIpc) is 3.33. The molecule has 0 unspecified atom stereocenters. The predicted octanol–water partition coefficient (Wildman–Crippen LogP) is 1.51. The largest absolute Gasteiger partial charge is 0.393 e. The minimum Gasteiger partial charge on any atom is -0.393 e. The zero-order valence-electron chi connectivity index (χ0n) is 14.7. The molecule has 7 nitrogen and oxygen atoms in total. The van der Waals surface area contributed by atoms with Gasteiger partial charge < -0.3 is 20.0 Å². The summed E-state index contributed by atoms with van der Waals surface area (Å²) < 4.78 is 1.90. The summed E-state index contributed by atoms with van der Waals surface area (Å²) in [6, 6.07) is 7.95. The molecule has 0 spiro atoms. The molecular formula is C19H23N5O2. The van der Waals surface area contributed by atoms with Crippen molar-refractivity contribution in [2.24, 2.45) is 13.0 Å². The molecule has 2 heterocycles. The molecule has 3 N–H and O–H groups in total. The van der Waals surface area contributed by atoms with Crippen molar-refractivity contribution in [3.63, 3.8) is 0 Å². The highest BCUT2D eigenvalue weighted by atomic mass is 16.3. The summed E-state index contributed by atoms with van der Waals surface area (Å²) in [5.74, 6) is 1.11. The number of nitrogens with zero attached hydrogens (tertiary/aromatic N) is 3. The van der Waals surface area contributed by atoms with Crippen LogP contribution >= 0.6 is 0 Å². The summed E-state index contributed by atoms with van der Waals surface area (Å²) >= 11 is 0. The smallest absolute Gasteiger partial charge is 0.224 e. The van der Waals surface area contributed by atoms with Crippen molar-refractivity contribution < 1.29 is 9.90 Å². The van der Waals surface area contributed by atoms with E-state index in [4.69, 9.17) is 0 Å². The lowest BCUT2D eigenvalue weighted by atomic mass is 10.0. The number of benzene rings is 1. The maximum Gasteiger partial charge on any atom is 0.224 e. The molecule has 1 aliphatic rings. The van der Waals surface area contributed by atoms with Gasteiger partial charge in [0.25, 0.3) is 0 Å². The molecule has 3 aromatic rings. The van der Waals surface area contributed by atoms with Crippen LogP contribution in [0.3, 0.4) is 0 Å². The predicted molar refractivity (Wildman–Crippen MR) is 97.5 cm³/mol. The molecule has 3 atom stereocenters. The molecule has 4 rings (SSSR count). The molecule has 2 aromatic heterocycles. The third-order valence-electron chi connectivity index (χ3n) is 5.36. The highest BCUT2D eigenvalue weighted by Gasteiger charge is 2.35. The van der Waals surface area contributed by atoms with Gasteiger partial charge in [-0.2, -0.15) is 0 Å². The van der Waals surface area contributed by atoms with E-state index in [0.717, 1.165) is 28.7 Å². The number of H-pyrrole nitrogens is 1. The van der Waals surface area contributed by atoms with Crippen LogP contribution in [0.2, 0.25) is 0 Å². The Bertz CT molecular complexity index is 915. The molecule has 0 saturated heterocycles. The van der Waals surface area contributed by atoms with Gasteiger partial charge in [-0.1, -0.05) is 18.2 Å². The Balaban J connectivity index is 1.34. The number of aromatic amines is 1. The lowest BCUT2D eigenvalue weighted by Crippen LogP contribution is -2.33. The average molecular weight is 353 g/mol. The second-order valence-corrected chi connectivity index (χ2v) is 7.14. The minimum absolute atomic E-state index is 0.0240. The van der Waals surface area contributed by atoms with Gasteiger partial charge in [-0.15, -0.1) is 10.2 Å². The Kier molecular flexibility index (Phi) is 4.46. The molecule has 136 valence electrons. The Morgan fingerprint density at radius 3 is 3.04 bits per heavy atom. The number of rotatable bonds is 5. The number of aryl methyl sites for hydroxylation is 1. The summed E-state index contributed by atoms with van der Waals surface area (Å²) in [6.07, 6.45) is 4.94.